The molecule has 0 atom stereocenters. The van der Waals surface area contributed by atoms with Crippen LogP contribution in [0.3, 0.4) is 0 Å². The molecule has 1 aromatic heterocycles. The lowest BCUT2D eigenvalue weighted by Crippen LogP contribution is -2.37. The third-order valence-electron chi connectivity index (χ3n) is 3.06. The van der Waals surface area contributed by atoms with Crippen molar-refractivity contribution in [1.82, 2.24) is 20.6 Å². The molecule has 0 unspecified atom stereocenters. The van der Waals surface area contributed by atoms with Crippen LogP contribution in [0.25, 0.3) is 11.3 Å². The molecule has 1 heterocycles. The van der Waals surface area contributed by atoms with Gasteiger partial charge in [-0.1, -0.05) is 42.1 Å². The van der Waals surface area contributed by atoms with E-state index in [0.717, 1.165) is 17.0 Å². The first-order valence-electron chi connectivity index (χ1n) is 7.65. The summed E-state index contributed by atoms with van der Waals surface area (Å²) in [6, 6.07) is 11.7. The van der Waals surface area contributed by atoms with Crippen LogP contribution in [0.5, 0.6) is 0 Å². The summed E-state index contributed by atoms with van der Waals surface area (Å²) in [6.07, 6.45) is 0. The van der Waals surface area contributed by atoms with E-state index in [-0.39, 0.29) is 24.1 Å². The van der Waals surface area contributed by atoms with E-state index in [9.17, 15) is 9.59 Å². The number of aryl methyl sites for hydroxylation is 1. The van der Waals surface area contributed by atoms with E-state index < -0.39 is 0 Å². The highest BCUT2D eigenvalue weighted by atomic mass is 32.2. The number of carbonyl (C=O) groups is 2. The molecule has 2 aromatic rings. The minimum Gasteiger partial charge on any atom is -0.355 e. The summed E-state index contributed by atoms with van der Waals surface area (Å²) < 4.78 is 0. The van der Waals surface area contributed by atoms with Gasteiger partial charge in [-0.05, 0) is 19.9 Å². The van der Waals surface area contributed by atoms with E-state index >= 15 is 0 Å². The summed E-state index contributed by atoms with van der Waals surface area (Å²) in [4.78, 5) is 31.9. The molecule has 7 heteroatoms. The number of carbonyl (C=O) groups excluding carboxylic acids is 2. The first kappa shape index (κ1) is 17.9. The van der Waals surface area contributed by atoms with Crippen molar-refractivity contribution in [2.24, 2.45) is 0 Å². The molecule has 0 radical (unpaired) electrons. The lowest BCUT2D eigenvalue weighted by Gasteiger charge is -2.07. The fourth-order valence-corrected chi connectivity index (χ4v) is 2.72. The van der Waals surface area contributed by atoms with Gasteiger partial charge < -0.3 is 10.6 Å². The van der Waals surface area contributed by atoms with Crippen molar-refractivity contribution >= 4 is 23.6 Å². The number of nitrogens with one attached hydrogen (secondary N) is 2. The molecule has 0 fully saturated rings. The van der Waals surface area contributed by atoms with Crippen molar-refractivity contribution in [1.29, 1.82) is 0 Å². The number of hydrogen-bond acceptors (Lipinski definition) is 5. The second-order valence-electron chi connectivity index (χ2n) is 5.06. The fraction of sp³-hybridized carbons (Fsp3) is 0.294. The molecule has 0 aliphatic heterocycles. The maximum atomic E-state index is 11.8. The smallest absolute Gasteiger partial charge is 0.239 e. The minimum absolute atomic E-state index is 0.0167. The van der Waals surface area contributed by atoms with Crippen LogP contribution in [-0.2, 0) is 9.59 Å². The Balaban J connectivity index is 1.94. The Hall–Kier alpha value is -2.41. The normalized spacial score (nSPS) is 10.2. The first-order valence-corrected chi connectivity index (χ1v) is 8.64. The quantitative estimate of drug-likeness (QED) is 0.591. The summed E-state index contributed by atoms with van der Waals surface area (Å²) >= 11 is 1.25. The molecule has 0 saturated carbocycles. The topological polar surface area (TPSA) is 84.0 Å². The number of thioether (sulfide) groups is 1. The van der Waals surface area contributed by atoms with Gasteiger partial charge in [-0.2, -0.15) is 0 Å². The molecular formula is C17H20N4O2S. The van der Waals surface area contributed by atoms with E-state index in [2.05, 4.69) is 20.6 Å². The molecule has 2 N–H and O–H groups in total. The lowest BCUT2D eigenvalue weighted by atomic mass is 10.1. The molecule has 0 bridgehead atoms. The van der Waals surface area contributed by atoms with E-state index in [1.54, 1.807) is 0 Å². The molecule has 126 valence electrons. The number of benzene rings is 1. The summed E-state index contributed by atoms with van der Waals surface area (Å²) in [7, 11) is 0. The number of rotatable bonds is 7. The molecule has 2 rings (SSSR count). The zero-order valence-corrected chi connectivity index (χ0v) is 14.5. The van der Waals surface area contributed by atoms with Crippen LogP contribution in [0.15, 0.2) is 41.6 Å². The van der Waals surface area contributed by atoms with Crippen molar-refractivity contribution in [3.05, 3.63) is 42.1 Å². The van der Waals surface area contributed by atoms with Gasteiger partial charge in [0, 0.05) is 17.8 Å². The molecule has 0 saturated heterocycles. The third-order valence-corrected chi connectivity index (χ3v) is 3.90. The highest BCUT2D eigenvalue weighted by Crippen LogP contribution is 2.21. The van der Waals surface area contributed by atoms with Gasteiger partial charge in [-0.15, -0.1) is 0 Å². The molecule has 6 nitrogen and oxygen atoms in total. The van der Waals surface area contributed by atoms with Crippen molar-refractivity contribution in [3.63, 3.8) is 0 Å². The average Bonchev–Trinajstić information content (AvgIpc) is 2.59. The van der Waals surface area contributed by atoms with Crippen molar-refractivity contribution in [2.75, 3.05) is 18.8 Å². The van der Waals surface area contributed by atoms with Crippen LogP contribution in [0, 0.1) is 6.92 Å². The monoisotopic (exact) mass is 344 g/mol. The number of amides is 2. The number of hydrogen-bond donors (Lipinski definition) is 2. The highest BCUT2D eigenvalue weighted by Gasteiger charge is 2.09. The Morgan fingerprint density at radius 1 is 1.08 bits per heavy atom. The standard InChI is InChI=1S/C17H20N4O2S/c1-3-18-15(22)10-19-16(23)11-24-17-20-12(2)9-14(21-17)13-7-5-4-6-8-13/h4-9H,3,10-11H2,1-2H3,(H,18,22)(H,19,23). The van der Waals surface area contributed by atoms with Crippen LogP contribution >= 0.6 is 11.8 Å². The first-order chi connectivity index (χ1) is 11.6. The van der Waals surface area contributed by atoms with Crippen molar-refractivity contribution in [2.45, 2.75) is 19.0 Å². The maximum absolute atomic E-state index is 11.8. The van der Waals surface area contributed by atoms with E-state index in [0.29, 0.717) is 11.7 Å². The summed E-state index contributed by atoms with van der Waals surface area (Å²) in [6.45, 7) is 4.25. The Labute approximate surface area is 145 Å². The highest BCUT2D eigenvalue weighted by molar-refractivity contribution is 7.99. The number of nitrogens with zero attached hydrogens (tertiary/aromatic N) is 2. The van der Waals surface area contributed by atoms with Gasteiger partial charge in [0.1, 0.15) is 0 Å². The molecular weight excluding hydrogens is 324 g/mol. The number of aromatic nitrogens is 2. The van der Waals surface area contributed by atoms with Gasteiger partial charge in [0.05, 0.1) is 18.0 Å². The van der Waals surface area contributed by atoms with Crippen LogP contribution in [0.1, 0.15) is 12.6 Å². The van der Waals surface area contributed by atoms with Crippen LogP contribution in [-0.4, -0.2) is 40.6 Å². The summed E-state index contributed by atoms with van der Waals surface area (Å²) in [5.74, 6) is -0.261. The van der Waals surface area contributed by atoms with Gasteiger partial charge in [0.2, 0.25) is 11.8 Å². The SMILES string of the molecule is CCNC(=O)CNC(=O)CSc1nc(C)cc(-c2ccccc2)n1. The Morgan fingerprint density at radius 2 is 1.83 bits per heavy atom. The van der Waals surface area contributed by atoms with E-state index in [1.165, 1.54) is 11.8 Å². The van der Waals surface area contributed by atoms with Gasteiger partial charge in [-0.3, -0.25) is 9.59 Å². The van der Waals surface area contributed by atoms with Crippen LogP contribution in [0.4, 0.5) is 0 Å². The number of likely N-dealkylation sites (N-methyl/N-ethyl adjacent to an activating group) is 1. The zero-order valence-electron chi connectivity index (χ0n) is 13.7. The van der Waals surface area contributed by atoms with E-state index in [4.69, 9.17) is 0 Å². The van der Waals surface area contributed by atoms with E-state index in [1.807, 2.05) is 50.2 Å². The van der Waals surface area contributed by atoms with Gasteiger partial charge >= 0.3 is 0 Å². The van der Waals surface area contributed by atoms with Gasteiger partial charge in [0.15, 0.2) is 5.16 Å². The average molecular weight is 344 g/mol. The van der Waals surface area contributed by atoms with Crippen molar-refractivity contribution < 1.29 is 9.59 Å². The lowest BCUT2D eigenvalue weighted by molar-refractivity contribution is -0.124. The second kappa shape index (κ2) is 9.02. The second-order valence-corrected chi connectivity index (χ2v) is 6.00. The molecule has 2 amide bonds. The molecule has 24 heavy (non-hydrogen) atoms. The minimum atomic E-state index is -0.224. The third kappa shape index (κ3) is 5.66. The zero-order chi connectivity index (χ0) is 17.4. The summed E-state index contributed by atoms with van der Waals surface area (Å²) in [5, 5.41) is 5.74. The Bertz CT molecular complexity index is 707. The maximum Gasteiger partial charge on any atom is 0.239 e. The predicted octanol–water partition coefficient (Wildman–Crippen LogP) is 1.80. The van der Waals surface area contributed by atoms with Crippen LogP contribution in [0.2, 0.25) is 0 Å². The Kier molecular flexibility index (Phi) is 6.74. The molecule has 1 aromatic carbocycles. The largest absolute Gasteiger partial charge is 0.355 e. The van der Waals surface area contributed by atoms with Gasteiger partial charge in [-0.25, -0.2) is 9.97 Å². The van der Waals surface area contributed by atoms with Crippen molar-refractivity contribution in [3.8, 4) is 11.3 Å². The fourth-order valence-electron chi connectivity index (χ4n) is 1.98. The molecule has 0 aliphatic carbocycles. The van der Waals surface area contributed by atoms with Crippen LogP contribution < -0.4 is 10.6 Å². The van der Waals surface area contributed by atoms with Gasteiger partial charge in [0.25, 0.3) is 0 Å². The Morgan fingerprint density at radius 3 is 2.54 bits per heavy atom. The summed E-state index contributed by atoms with van der Waals surface area (Å²) in [5.41, 5.74) is 2.67. The molecule has 0 spiro atoms. The predicted molar refractivity (Wildman–Crippen MR) is 94.6 cm³/mol. The molecule has 0 aliphatic rings.